The number of nitrogens with zero attached hydrogens (tertiary/aromatic N) is 1. The third kappa shape index (κ3) is 0.800. The van der Waals surface area contributed by atoms with Gasteiger partial charge in [0.25, 0.3) is 0 Å². The van der Waals surface area contributed by atoms with Gasteiger partial charge in [0, 0.05) is 12.0 Å². The third-order valence-electron chi connectivity index (χ3n) is 2.88. The number of fused-ring (bicyclic) bond motifs is 2. The van der Waals surface area contributed by atoms with Crippen LogP contribution in [0, 0.1) is 22.2 Å². The minimum Gasteiger partial charge on any atom is -0.379 e. The Morgan fingerprint density at radius 3 is 2.73 bits per heavy atom. The lowest BCUT2D eigenvalue weighted by Crippen LogP contribution is -2.59. The highest BCUT2D eigenvalue weighted by atomic mass is 16.5. The van der Waals surface area contributed by atoms with Crippen molar-refractivity contribution in [2.24, 2.45) is 16.6 Å². The van der Waals surface area contributed by atoms with Crippen LogP contribution >= 0.6 is 0 Å². The van der Waals surface area contributed by atoms with Crippen LogP contribution in [-0.2, 0) is 4.74 Å². The summed E-state index contributed by atoms with van der Waals surface area (Å²) < 4.78 is 5.32. The molecule has 2 heterocycles. The fourth-order valence-corrected chi connectivity index (χ4v) is 2.37. The van der Waals surface area contributed by atoms with Crippen molar-refractivity contribution in [3.05, 3.63) is 0 Å². The van der Waals surface area contributed by atoms with Gasteiger partial charge in [-0.05, 0) is 12.8 Å². The van der Waals surface area contributed by atoms with Crippen LogP contribution in [0.25, 0.3) is 0 Å². The Morgan fingerprint density at radius 1 is 1.45 bits per heavy atom. The quantitative estimate of drug-likeness (QED) is 0.586. The van der Waals surface area contributed by atoms with Crippen LogP contribution < -0.4 is 5.73 Å². The highest BCUT2D eigenvalue weighted by Gasteiger charge is 2.57. The first-order valence-corrected chi connectivity index (χ1v) is 3.93. The third-order valence-corrected chi connectivity index (χ3v) is 2.88. The molecule has 0 radical (unpaired) electrons. The number of hydrogen-bond acceptors (Lipinski definition) is 3. The highest BCUT2D eigenvalue weighted by Crippen LogP contribution is 2.57. The standard InChI is InChI=1S/C8H12N2O/c9-3-7-1-8(2-7,4-10)6-11-5-7/h1-3,5-6,9H2. The number of ether oxygens (including phenoxy) is 1. The second kappa shape index (κ2) is 1.96. The number of nitrogens with two attached hydrogens (primary N) is 1. The first-order valence-electron chi connectivity index (χ1n) is 3.93. The van der Waals surface area contributed by atoms with Crippen molar-refractivity contribution >= 4 is 0 Å². The van der Waals surface area contributed by atoms with Crippen molar-refractivity contribution in [1.82, 2.24) is 0 Å². The molecule has 0 aromatic carbocycles. The molecule has 0 atom stereocenters. The molecule has 0 spiro atoms. The van der Waals surface area contributed by atoms with E-state index >= 15 is 0 Å². The Morgan fingerprint density at radius 2 is 2.18 bits per heavy atom. The first kappa shape index (κ1) is 7.08. The summed E-state index contributed by atoms with van der Waals surface area (Å²) >= 11 is 0. The fraction of sp³-hybridized carbons (Fsp3) is 0.875. The summed E-state index contributed by atoms with van der Waals surface area (Å²) in [6.07, 6.45) is 1.90. The average molecular weight is 152 g/mol. The van der Waals surface area contributed by atoms with Gasteiger partial charge < -0.3 is 10.5 Å². The van der Waals surface area contributed by atoms with Gasteiger partial charge in [-0.1, -0.05) is 0 Å². The summed E-state index contributed by atoms with van der Waals surface area (Å²) in [4.78, 5) is 0. The minimum absolute atomic E-state index is 0.161. The summed E-state index contributed by atoms with van der Waals surface area (Å²) in [5.41, 5.74) is 5.59. The Balaban J connectivity index is 2.13. The smallest absolute Gasteiger partial charge is 0.0820 e. The highest BCUT2D eigenvalue weighted by molar-refractivity contribution is 5.16. The van der Waals surface area contributed by atoms with Gasteiger partial charge in [-0.25, -0.2) is 0 Å². The molecule has 0 aromatic rings. The van der Waals surface area contributed by atoms with Crippen LogP contribution in [0.1, 0.15) is 12.8 Å². The van der Waals surface area contributed by atoms with Gasteiger partial charge in [0.1, 0.15) is 0 Å². The van der Waals surface area contributed by atoms with Crippen molar-refractivity contribution in [2.45, 2.75) is 12.8 Å². The molecule has 3 fully saturated rings. The van der Waals surface area contributed by atoms with Crippen molar-refractivity contribution in [2.75, 3.05) is 19.8 Å². The molecule has 3 aliphatic rings. The molecule has 2 saturated heterocycles. The average Bonchev–Trinajstić information content (AvgIpc) is 2.04. The Hall–Kier alpha value is -0.590. The molecule has 1 saturated carbocycles. The minimum atomic E-state index is -0.169. The Kier molecular flexibility index (Phi) is 1.26. The predicted octanol–water partition coefficient (Wildman–Crippen LogP) is 0.265. The molecule has 3 rings (SSSR count). The summed E-state index contributed by atoms with van der Waals surface area (Å²) in [6, 6.07) is 2.32. The second-order valence-electron chi connectivity index (χ2n) is 3.94. The van der Waals surface area contributed by atoms with Gasteiger partial charge in [-0.3, -0.25) is 0 Å². The molecule has 0 unspecified atom stereocenters. The Labute approximate surface area is 66.1 Å². The lowest BCUT2D eigenvalue weighted by molar-refractivity contribution is -0.161. The normalized spacial score (nSPS) is 47.6. The van der Waals surface area contributed by atoms with Gasteiger partial charge in [0.05, 0.1) is 24.7 Å². The zero-order chi connectivity index (χ0) is 7.95. The van der Waals surface area contributed by atoms with E-state index in [1.54, 1.807) is 0 Å². The molecular formula is C8H12N2O. The van der Waals surface area contributed by atoms with E-state index in [0.717, 1.165) is 19.4 Å². The molecule has 2 aliphatic heterocycles. The number of hydrogen-bond donors (Lipinski definition) is 1. The monoisotopic (exact) mass is 152 g/mol. The maximum Gasteiger partial charge on any atom is 0.0820 e. The van der Waals surface area contributed by atoms with Gasteiger partial charge >= 0.3 is 0 Å². The van der Waals surface area contributed by atoms with E-state index < -0.39 is 0 Å². The topological polar surface area (TPSA) is 59.0 Å². The molecular weight excluding hydrogens is 140 g/mol. The molecule has 0 aromatic heterocycles. The maximum absolute atomic E-state index is 8.83. The molecule has 60 valence electrons. The van der Waals surface area contributed by atoms with Crippen LogP contribution in [-0.4, -0.2) is 19.8 Å². The molecule has 2 bridgehead atoms. The van der Waals surface area contributed by atoms with E-state index in [1.165, 1.54) is 0 Å². The van der Waals surface area contributed by atoms with Crippen molar-refractivity contribution in [1.29, 1.82) is 5.26 Å². The largest absolute Gasteiger partial charge is 0.379 e. The van der Waals surface area contributed by atoms with E-state index in [0.29, 0.717) is 13.2 Å². The van der Waals surface area contributed by atoms with Gasteiger partial charge in [0.15, 0.2) is 0 Å². The van der Waals surface area contributed by atoms with E-state index in [9.17, 15) is 0 Å². The fourth-order valence-electron chi connectivity index (χ4n) is 2.37. The lowest BCUT2D eigenvalue weighted by atomic mass is 9.52. The molecule has 3 heteroatoms. The molecule has 1 aliphatic carbocycles. The zero-order valence-electron chi connectivity index (χ0n) is 6.47. The summed E-state index contributed by atoms with van der Waals surface area (Å²) in [7, 11) is 0. The van der Waals surface area contributed by atoms with Crippen LogP contribution in [0.2, 0.25) is 0 Å². The molecule has 11 heavy (non-hydrogen) atoms. The van der Waals surface area contributed by atoms with Crippen LogP contribution in [0.3, 0.4) is 0 Å². The molecule has 2 N–H and O–H groups in total. The first-order chi connectivity index (χ1) is 5.24. The van der Waals surface area contributed by atoms with Crippen LogP contribution in [0.4, 0.5) is 0 Å². The SMILES string of the molecule is N#CC12COCC(CN)(C1)C2. The van der Waals surface area contributed by atoms with Crippen molar-refractivity contribution < 1.29 is 4.74 Å². The van der Waals surface area contributed by atoms with Crippen LogP contribution in [0.5, 0.6) is 0 Å². The summed E-state index contributed by atoms with van der Waals surface area (Å²) in [5, 5.41) is 8.83. The van der Waals surface area contributed by atoms with Crippen molar-refractivity contribution in [3.63, 3.8) is 0 Å². The summed E-state index contributed by atoms with van der Waals surface area (Å²) in [6.45, 7) is 2.04. The Bertz CT molecular complexity index is 213. The zero-order valence-corrected chi connectivity index (χ0v) is 6.47. The molecule has 3 nitrogen and oxygen atoms in total. The second-order valence-corrected chi connectivity index (χ2v) is 3.94. The van der Waals surface area contributed by atoms with Gasteiger partial charge in [-0.15, -0.1) is 0 Å². The number of rotatable bonds is 1. The van der Waals surface area contributed by atoms with Gasteiger partial charge in [-0.2, -0.15) is 5.26 Å². The van der Waals surface area contributed by atoms with E-state index in [-0.39, 0.29) is 10.8 Å². The van der Waals surface area contributed by atoms with Crippen molar-refractivity contribution in [3.8, 4) is 6.07 Å². The van der Waals surface area contributed by atoms with Gasteiger partial charge in [0.2, 0.25) is 0 Å². The molecule has 0 amide bonds. The lowest BCUT2D eigenvalue weighted by Gasteiger charge is -2.56. The number of nitriles is 1. The van der Waals surface area contributed by atoms with E-state index in [4.69, 9.17) is 15.7 Å². The summed E-state index contributed by atoms with van der Waals surface area (Å²) in [5.74, 6) is 0. The van der Waals surface area contributed by atoms with E-state index in [2.05, 4.69) is 6.07 Å². The maximum atomic E-state index is 8.83. The van der Waals surface area contributed by atoms with E-state index in [1.807, 2.05) is 0 Å². The van der Waals surface area contributed by atoms with Crippen LogP contribution in [0.15, 0.2) is 0 Å². The predicted molar refractivity (Wildman–Crippen MR) is 39.6 cm³/mol.